The molecule has 5 nitrogen and oxygen atoms in total. The van der Waals surface area contributed by atoms with Gasteiger partial charge in [-0.2, -0.15) is 0 Å². The molecule has 0 aliphatic heterocycles. The van der Waals surface area contributed by atoms with Crippen molar-refractivity contribution in [1.82, 2.24) is 19.7 Å². The van der Waals surface area contributed by atoms with E-state index in [9.17, 15) is 4.79 Å². The van der Waals surface area contributed by atoms with Crippen LogP contribution in [0.2, 0.25) is 0 Å². The normalized spacial score (nSPS) is 11.2. The molecule has 118 valence electrons. The number of nitrogens with zero attached hydrogens (tertiary/aromatic N) is 4. The van der Waals surface area contributed by atoms with Crippen LogP contribution in [0.4, 0.5) is 0 Å². The van der Waals surface area contributed by atoms with Gasteiger partial charge in [-0.3, -0.25) is 9.36 Å². The van der Waals surface area contributed by atoms with Gasteiger partial charge in [-0.1, -0.05) is 30.0 Å². The van der Waals surface area contributed by atoms with Gasteiger partial charge in [0.25, 0.3) is 0 Å². The third kappa shape index (κ3) is 3.88. The highest BCUT2D eigenvalue weighted by atomic mass is 32.2. The Morgan fingerprint density at radius 3 is 2.41 bits per heavy atom. The highest BCUT2D eigenvalue weighted by molar-refractivity contribution is 7.99. The van der Waals surface area contributed by atoms with Gasteiger partial charge >= 0.3 is 0 Å². The first-order chi connectivity index (χ1) is 10.5. The molecule has 22 heavy (non-hydrogen) atoms. The Kier molecular flexibility index (Phi) is 5.60. The number of hydrogen-bond donors (Lipinski definition) is 0. The van der Waals surface area contributed by atoms with Crippen molar-refractivity contribution < 1.29 is 4.79 Å². The summed E-state index contributed by atoms with van der Waals surface area (Å²) < 4.78 is 1.90. The maximum atomic E-state index is 12.4. The molecule has 0 saturated carbocycles. The van der Waals surface area contributed by atoms with Gasteiger partial charge in [0.2, 0.25) is 5.91 Å². The third-order valence-electron chi connectivity index (χ3n) is 3.28. The number of benzene rings is 1. The van der Waals surface area contributed by atoms with Gasteiger partial charge in [0.15, 0.2) is 5.16 Å². The Labute approximate surface area is 135 Å². The van der Waals surface area contributed by atoms with E-state index in [4.69, 9.17) is 0 Å². The number of carbonyl (C=O) groups excluding carboxylic acids is 1. The lowest BCUT2D eigenvalue weighted by molar-refractivity contribution is -0.131. The molecule has 1 amide bonds. The van der Waals surface area contributed by atoms with Crippen molar-refractivity contribution in [2.45, 2.75) is 44.9 Å². The number of carbonyl (C=O) groups is 1. The van der Waals surface area contributed by atoms with E-state index in [-0.39, 0.29) is 18.0 Å². The third-order valence-corrected chi connectivity index (χ3v) is 4.20. The first kappa shape index (κ1) is 16.5. The molecule has 0 aliphatic rings. The number of thioether (sulfide) groups is 1. The van der Waals surface area contributed by atoms with Crippen LogP contribution < -0.4 is 0 Å². The van der Waals surface area contributed by atoms with E-state index < -0.39 is 0 Å². The average Bonchev–Trinajstić information content (AvgIpc) is 2.93. The van der Waals surface area contributed by atoms with Crippen molar-refractivity contribution in [3.63, 3.8) is 0 Å². The van der Waals surface area contributed by atoms with Crippen molar-refractivity contribution in [1.29, 1.82) is 0 Å². The Hall–Kier alpha value is -1.82. The Balaban J connectivity index is 2.07. The Morgan fingerprint density at radius 1 is 1.18 bits per heavy atom. The number of para-hydroxylation sites is 1. The summed E-state index contributed by atoms with van der Waals surface area (Å²) in [7, 11) is 0. The van der Waals surface area contributed by atoms with Crippen LogP contribution in [0.1, 0.15) is 27.7 Å². The summed E-state index contributed by atoms with van der Waals surface area (Å²) in [5.41, 5.74) is 0.993. The summed E-state index contributed by atoms with van der Waals surface area (Å²) in [5, 5.41) is 8.81. The summed E-state index contributed by atoms with van der Waals surface area (Å²) in [6, 6.07) is 10.3. The lowest BCUT2D eigenvalue weighted by atomic mass is 10.2. The lowest BCUT2D eigenvalue weighted by Gasteiger charge is -2.30. The number of hydrogen-bond acceptors (Lipinski definition) is 4. The van der Waals surface area contributed by atoms with Gasteiger partial charge in [-0.15, -0.1) is 10.2 Å². The molecule has 1 aromatic heterocycles. The molecule has 0 N–H and O–H groups in total. The van der Waals surface area contributed by atoms with Gasteiger partial charge in [-0.05, 0) is 39.8 Å². The van der Waals surface area contributed by atoms with Crippen LogP contribution in [0.25, 0.3) is 5.69 Å². The van der Waals surface area contributed by atoms with Gasteiger partial charge in [0.1, 0.15) is 6.33 Å². The standard InChI is InChI=1S/C16H22N4OS/c1-12(2)20(13(3)4)15(21)10-22-16-18-17-11-19(16)14-8-6-5-7-9-14/h5-9,11-13H,10H2,1-4H3. The van der Waals surface area contributed by atoms with Crippen LogP contribution in [0.15, 0.2) is 41.8 Å². The van der Waals surface area contributed by atoms with E-state index in [0.717, 1.165) is 10.8 Å². The Bertz CT molecular complexity index is 602. The van der Waals surface area contributed by atoms with Crippen LogP contribution in [-0.4, -0.2) is 43.4 Å². The highest BCUT2D eigenvalue weighted by Gasteiger charge is 2.21. The van der Waals surface area contributed by atoms with Gasteiger partial charge in [-0.25, -0.2) is 0 Å². The molecule has 0 spiro atoms. The SMILES string of the molecule is CC(C)N(C(=O)CSc1nncn1-c1ccccc1)C(C)C. The Morgan fingerprint density at radius 2 is 1.82 bits per heavy atom. The highest BCUT2D eigenvalue weighted by Crippen LogP contribution is 2.20. The second-order valence-electron chi connectivity index (χ2n) is 5.60. The topological polar surface area (TPSA) is 51.0 Å². The lowest BCUT2D eigenvalue weighted by Crippen LogP contribution is -2.43. The van der Waals surface area contributed by atoms with E-state index >= 15 is 0 Å². The van der Waals surface area contributed by atoms with Crippen molar-refractivity contribution in [2.75, 3.05) is 5.75 Å². The van der Waals surface area contributed by atoms with Gasteiger partial charge in [0.05, 0.1) is 5.75 Å². The minimum Gasteiger partial charge on any atom is -0.337 e. The maximum absolute atomic E-state index is 12.4. The van der Waals surface area contributed by atoms with E-state index in [0.29, 0.717) is 5.75 Å². The first-order valence-electron chi connectivity index (χ1n) is 7.40. The average molecular weight is 318 g/mol. The minimum absolute atomic E-state index is 0.123. The first-order valence-corrected chi connectivity index (χ1v) is 8.38. The zero-order chi connectivity index (χ0) is 16.1. The molecule has 6 heteroatoms. The fourth-order valence-corrected chi connectivity index (χ4v) is 3.26. The molecule has 0 bridgehead atoms. The molecule has 1 aromatic carbocycles. The van der Waals surface area contributed by atoms with Crippen LogP contribution in [-0.2, 0) is 4.79 Å². The molecule has 0 aliphatic carbocycles. The largest absolute Gasteiger partial charge is 0.337 e. The van der Waals surface area contributed by atoms with E-state index in [1.807, 2.05) is 67.5 Å². The second-order valence-corrected chi connectivity index (χ2v) is 6.54. The summed E-state index contributed by atoms with van der Waals surface area (Å²) >= 11 is 1.42. The summed E-state index contributed by atoms with van der Waals surface area (Å²) in [5.74, 6) is 0.486. The number of aromatic nitrogens is 3. The van der Waals surface area contributed by atoms with E-state index in [1.54, 1.807) is 6.33 Å². The van der Waals surface area contributed by atoms with Crippen LogP contribution in [0.5, 0.6) is 0 Å². The summed E-state index contributed by atoms with van der Waals surface area (Å²) in [6.07, 6.45) is 1.67. The van der Waals surface area contributed by atoms with E-state index in [2.05, 4.69) is 10.2 Å². The molecular formula is C16H22N4OS. The molecule has 0 atom stereocenters. The van der Waals surface area contributed by atoms with Crippen molar-refractivity contribution in [3.8, 4) is 5.69 Å². The van der Waals surface area contributed by atoms with Crippen LogP contribution in [0.3, 0.4) is 0 Å². The van der Waals surface area contributed by atoms with Crippen molar-refractivity contribution in [3.05, 3.63) is 36.7 Å². The molecule has 0 radical (unpaired) electrons. The molecule has 0 unspecified atom stereocenters. The summed E-state index contributed by atoms with van der Waals surface area (Å²) in [4.78, 5) is 14.3. The number of amides is 1. The molecule has 0 saturated heterocycles. The smallest absolute Gasteiger partial charge is 0.233 e. The molecule has 0 fully saturated rings. The quantitative estimate of drug-likeness (QED) is 0.768. The summed E-state index contributed by atoms with van der Waals surface area (Å²) in [6.45, 7) is 8.15. The zero-order valence-corrected chi connectivity index (χ0v) is 14.2. The monoisotopic (exact) mass is 318 g/mol. The minimum atomic E-state index is 0.123. The van der Waals surface area contributed by atoms with E-state index in [1.165, 1.54) is 11.8 Å². The molecule has 2 rings (SSSR count). The van der Waals surface area contributed by atoms with Crippen molar-refractivity contribution >= 4 is 17.7 Å². The number of rotatable bonds is 6. The van der Waals surface area contributed by atoms with Crippen LogP contribution >= 0.6 is 11.8 Å². The zero-order valence-electron chi connectivity index (χ0n) is 13.4. The maximum Gasteiger partial charge on any atom is 0.233 e. The predicted molar refractivity (Wildman–Crippen MR) is 89.2 cm³/mol. The predicted octanol–water partition coefficient (Wildman–Crippen LogP) is 3.00. The second kappa shape index (κ2) is 7.45. The van der Waals surface area contributed by atoms with Crippen LogP contribution in [0, 0.1) is 0 Å². The van der Waals surface area contributed by atoms with Crippen molar-refractivity contribution in [2.24, 2.45) is 0 Å². The fourth-order valence-electron chi connectivity index (χ4n) is 2.46. The fraction of sp³-hybridized carbons (Fsp3) is 0.438. The van der Waals surface area contributed by atoms with Gasteiger partial charge in [0, 0.05) is 17.8 Å². The molecule has 1 heterocycles. The molecular weight excluding hydrogens is 296 g/mol. The molecule has 2 aromatic rings. The van der Waals surface area contributed by atoms with Gasteiger partial charge < -0.3 is 4.90 Å².